The lowest BCUT2D eigenvalue weighted by atomic mass is 10.1. The fraction of sp³-hybridized carbons (Fsp3) is 0.185. The van der Waals surface area contributed by atoms with E-state index in [1.54, 1.807) is 31.3 Å². The zero-order chi connectivity index (χ0) is 25.6. The van der Waals surface area contributed by atoms with Crippen LogP contribution in [0, 0.1) is 12.8 Å². The highest BCUT2D eigenvalue weighted by Crippen LogP contribution is 2.38. The van der Waals surface area contributed by atoms with Crippen molar-refractivity contribution in [2.24, 2.45) is 5.92 Å². The van der Waals surface area contributed by atoms with Gasteiger partial charge in [-0.3, -0.25) is 4.79 Å². The van der Waals surface area contributed by atoms with E-state index in [9.17, 15) is 18.3 Å². The van der Waals surface area contributed by atoms with Gasteiger partial charge >= 0.3 is 5.97 Å². The molecule has 1 atom stereocenters. The number of hydrogen-bond acceptors (Lipinski definition) is 6. The Morgan fingerprint density at radius 1 is 0.972 bits per heavy atom. The maximum atomic E-state index is 12.9. The lowest BCUT2D eigenvalue weighted by Gasteiger charge is -2.17. The Bertz CT molecular complexity index is 1700. The molecule has 0 radical (unpaired) electrons. The standard InChI is InChI=1S/C27H24N2O5S2/c1-15(2)24(27(30)31)29-36(32,33)19-10-11-20-21-13-18(9-12-22(21)34-23(20)14-19)25-16(3)28-26(35-25)17-7-5-4-6-8-17/h4-15,24,29H,1-3H3,(H,30,31)/t24-/m0/s1. The van der Waals surface area contributed by atoms with Gasteiger partial charge in [-0.15, -0.1) is 11.3 Å². The maximum Gasteiger partial charge on any atom is 0.322 e. The first-order valence-corrected chi connectivity index (χ1v) is 13.7. The number of aliphatic carboxylic acids is 1. The van der Waals surface area contributed by atoms with Crippen molar-refractivity contribution in [3.8, 4) is 21.0 Å². The molecular weight excluding hydrogens is 496 g/mol. The first kappa shape index (κ1) is 24.2. The van der Waals surface area contributed by atoms with E-state index in [0.29, 0.717) is 11.2 Å². The van der Waals surface area contributed by atoms with E-state index in [-0.39, 0.29) is 4.90 Å². The van der Waals surface area contributed by atoms with Crippen molar-refractivity contribution in [1.82, 2.24) is 9.71 Å². The van der Waals surface area contributed by atoms with E-state index in [2.05, 4.69) is 4.72 Å². The molecule has 0 bridgehead atoms. The van der Waals surface area contributed by atoms with Crippen LogP contribution in [0.5, 0.6) is 0 Å². The summed E-state index contributed by atoms with van der Waals surface area (Å²) in [4.78, 5) is 17.2. The number of fused-ring (bicyclic) bond motifs is 3. The second kappa shape index (κ2) is 9.16. The third kappa shape index (κ3) is 4.41. The van der Waals surface area contributed by atoms with E-state index in [0.717, 1.165) is 37.5 Å². The van der Waals surface area contributed by atoms with Gasteiger partial charge < -0.3 is 9.52 Å². The van der Waals surface area contributed by atoms with Crippen molar-refractivity contribution in [1.29, 1.82) is 0 Å². The van der Waals surface area contributed by atoms with Crippen molar-refractivity contribution in [3.05, 3.63) is 72.4 Å². The summed E-state index contributed by atoms with van der Waals surface area (Å²) >= 11 is 1.62. The van der Waals surface area contributed by atoms with Crippen molar-refractivity contribution in [2.75, 3.05) is 0 Å². The number of furan rings is 1. The lowest BCUT2D eigenvalue weighted by molar-refractivity contribution is -0.140. The second-order valence-corrected chi connectivity index (χ2v) is 11.7. The molecule has 2 aromatic heterocycles. The normalized spacial score (nSPS) is 13.0. The number of sulfonamides is 1. The summed E-state index contributed by atoms with van der Waals surface area (Å²) in [7, 11) is -4.06. The Morgan fingerprint density at radius 2 is 1.72 bits per heavy atom. The molecule has 0 aliphatic heterocycles. The maximum absolute atomic E-state index is 12.9. The smallest absolute Gasteiger partial charge is 0.322 e. The van der Waals surface area contributed by atoms with Crippen LogP contribution in [0.25, 0.3) is 43.0 Å². The van der Waals surface area contributed by atoms with Crippen molar-refractivity contribution in [3.63, 3.8) is 0 Å². The zero-order valence-corrected chi connectivity index (χ0v) is 21.5. The number of rotatable bonds is 7. The van der Waals surface area contributed by atoms with Gasteiger partial charge in [0.2, 0.25) is 10.0 Å². The van der Waals surface area contributed by atoms with Crippen LogP contribution in [-0.2, 0) is 14.8 Å². The molecule has 0 saturated heterocycles. The zero-order valence-electron chi connectivity index (χ0n) is 19.8. The highest BCUT2D eigenvalue weighted by atomic mass is 32.2. The van der Waals surface area contributed by atoms with Crippen LogP contribution in [0.4, 0.5) is 0 Å². The second-order valence-electron chi connectivity index (χ2n) is 8.95. The first-order valence-electron chi connectivity index (χ1n) is 11.4. The van der Waals surface area contributed by atoms with Crippen molar-refractivity contribution in [2.45, 2.75) is 31.7 Å². The summed E-state index contributed by atoms with van der Waals surface area (Å²) in [5.74, 6) is -1.64. The molecule has 0 spiro atoms. The van der Waals surface area contributed by atoms with Crippen LogP contribution < -0.4 is 4.72 Å². The fourth-order valence-electron chi connectivity index (χ4n) is 4.14. The predicted octanol–water partition coefficient (Wildman–Crippen LogP) is 6.07. The number of carboxylic acids is 1. The van der Waals surface area contributed by atoms with E-state index < -0.39 is 28.0 Å². The fourth-order valence-corrected chi connectivity index (χ4v) is 6.56. The molecule has 0 aliphatic carbocycles. The van der Waals surface area contributed by atoms with E-state index in [1.165, 1.54) is 12.1 Å². The van der Waals surface area contributed by atoms with Crippen molar-refractivity contribution < 1.29 is 22.7 Å². The highest BCUT2D eigenvalue weighted by molar-refractivity contribution is 7.89. The molecule has 7 nitrogen and oxygen atoms in total. The van der Waals surface area contributed by atoms with E-state index in [4.69, 9.17) is 9.40 Å². The molecule has 0 aliphatic rings. The Labute approximate surface area is 212 Å². The summed E-state index contributed by atoms with van der Waals surface area (Å²) in [6, 6.07) is 19.3. The van der Waals surface area contributed by atoms with Crippen LogP contribution in [0.15, 0.2) is 76.0 Å². The van der Waals surface area contributed by atoms with Gasteiger partial charge in [0.15, 0.2) is 0 Å². The number of carbonyl (C=O) groups is 1. The summed E-state index contributed by atoms with van der Waals surface area (Å²) < 4.78 is 34.0. The molecule has 184 valence electrons. The summed E-state index contributed by atoms with van der Waals surface area (Å²) in [6.07, 6.45) is 0. The Kier molecular flexibility index (Phi) is 6.15. The number of aromatic nitrogens is 1. The number of carboxylic acid groups (broad SMARTS) is 1. The van der Waals surface area contributed by atoms with Crippen LogP contribution in [0.3, 0.4) is 0 Å². The predicted molar refractivity (Wildman–Crippen MR) is 142 cm³/mol. The van der Waals surface area contributed by atoms with Gasteiger partial charge in [-0.2, -0.15) is 4.72 Å². The molecular formula is C27H24N2O5S2. The monoisotopic (exact) mass is 520 g/mol. The molecule has 5 aromatic rings. The largest absolute Gasteiger partial charge is 0.480 e. The molecule has 2 heterocycles. The third-order valence-corrected chi connectivity index (χ3v) is 8.74. The van der Waals surface area contributed by atoms with Gasteiger partial charge in [-0.05, 0) is 48.7 Å². The van der Waals surface area contributed by atoms with E-state index >= 15 is 0 Å². The highest BCUT2D eigenvalue weighted by Gasteiger charge is 2.28. The minimum atomic E-state index is -4.06. The van der Waals surface area contributed by atoms with E-state index in [1.807, 2.05) is 55.5 Å². The quantitative estimate of drug-likeness (QED) is 0.269. The molecule has 0 unspecified atom stereocenters. The molecule has 9 heteroatoms. The number of hydrogen-bond donors (Lipinski definition) is 2. The minimum absolute atomic E-state index is 0.0491. The molecule has 0 saturated carbocycles. The lowest BCUT2D eigenvalue weighted by Crippen LogP contribution is -2.44. The van der Waals surface area contributed by atoms with Crippen LogP contribution in [0.1, 0.15) is 19.5 Å². The summed E-state index contributed by atoms with van der Waals surface area (Å²) in [5.41, 5.74) is 4.04. The third-order valence-electron chi connectivity index (χ3n) is 6.05. The minimum Gasteiger partial charge on any atom is -0.480 e. The van der Waals surface area contributed by atoms with Crippen LogP contribution in [0.2, 0.25) is 0 Å². The number of nitrogens with one attached hydrogen (secondary N) is 1. The average molecular weight is 521 g/mol. The molecule has 0 amide bonds. The summed E-state index contributed by atoms with van der Waals surface area (Å²) in [5, 5.41) is 12.0. The van der Waals surface area contributed by atoms with Crippen LogP contribution >= 0.6 is 11.3 Å². The summed E-state index contributed by atoms with van der Waals surface area (Å²) in [6.45, 7) is 5.28. The van der Waals surface area contributed by atoms with Crippen molar-refractivity contribution >= 4 is 49.3 Å². The number of benzene rings is 3. The Morgan fingerprint density at radius 3 is 2.42 bits per heavy atom. The van der Waals surface area contributed by atoms with Gasteiger partial charge in [0, 0.05) is 22.4 Å². The number of thiazole rings is 1. The molecule has 3 aromatic carbocycles. The number of aryl methyl sites for hydroxylation is 1. The Balaban J connectivity index is 1.53. The van der Waals surface area contributed by atoms with Gasteiger partial charge in [0.25, 0.3) is 0 Å². The number of nitrogens with zero attached hydrogens (tertiary/aromatic N) is 1. The van der Waals surface area contributed by atoms with Crippen LogP contribution in [-0.4, -0.2) is 30.5 Å². The SMILES string of the molecule is Cc1nc(-c2ccccc2)sc1-c1ccc2oc3cc(S(=O)(=O)N[C@H](C(=O)O)C(C)C)ccc3c2c1. The molecule has 5 rings (SSSR count). The molecule has 0 fully saturated rings. The van der Waals surface area contributed by atoms with Gasteiger partial charge in [0.1, 0.15) is 22.2 Å². The van der Waals surface area contributed by atoms with Gasteiger partial charge in [-0.25, -0.2) is 13.4 Å². The topological polar surface area (TPSA) is 110 Å². The first-order chi connectivity index (χ1) is 17.1. The van der Waals surface area contributed by atoms with Gasteiger partial charge in [0.05, 0.1) is 15.5 Å². The average Bonchev–Trinajstić information content (AvgIpc) is 3.42. The Hall–Kier alpha value is -3.53. The molecule has 2 N–H and O–H groups in total. The molecule has 36 heavy (non-hydrogen) atoms. The van der Waals surface area contributed by atoms with Gasteiger partial charge in [-0.1, -0.05) is 44.2 Å².